The number of hydrogen-bond donors (Lipinski definition) is 1. The van der Waals surface area contributed by atoms with Crippen LogP contribution in [0.15, 0.2) is 24.5 Å². The SMILES string of the molecule is COc1cc2c(cc1F)[nH]c(=S)n2CCn1cc(C)cn1. The van der Waals surface area contributed by atoms with Gasteiger partial charge < -0.3 is 14.3 Å². The van der Waals surface area contributed by atoms with Gasteiger partial charge >= 0.3 is 0 Å². The van der Waals surface area contributed by atoms with Gasteiger partial charge in [-0.1, -0.05) is 0 Å². The van der Waals surface area contributed by atoms with E-state index in [9.17, 15) is 4.39 Å². The largest absolute Gasteiger partial charge is 0.494 e. The number of ether oxygens (including phenoxy) is 1. The molecule has 0 fully saturated rings. The summed E-state index contributed by atoms with van der Waals surface area (Å²) in [6.45, 7) is 3.33. The highest BCUT2D eigenvalue weighted by Gasteiger charge is 2.10. The third kappa shape index (κ3) is 2.56. The fourth-order valence-corrected chi connectivity index (χ4v) is 2.63. The molecule has 1 aromatic carbocycles. The molecule has 0 saturated carbocycles. The van der Waals surface area contributed by atoms with E-state index >= 15 is 0 Å². The fraction of sp³-hybridized carbons (Fsp3) is 0.286. The number of benzene rings is 1. The topological polar surface area (TPSA) is 47.8 Å². The minimum atomic E-state index is -0.406. The van der Waals surface area contributed by atoms with E-state index in [0.29, 0.717) is 23.4 Å². The summed E-state index contributed by atoms with van der Waals surface area (Å²) in [5.74, 6) is -0.198. The highest BCUT2D eigenvalue weighted by Crippen LogP contribution is 2.24. The molecule has 0 aliphatic rings. The summed E-state index contributed by atoms with van der Waals surface area (Å²) in [5, 5.41) is 4.25. The van der Waals surface area contributed by atoms with Gasteiger partial charge in [0, 0.05) is 24.9 Å². The highest BCUT2D eigenvalue weighted by atomic mass is 32.1. The van der Waals surface area contributed by atoms with Gasteiger partial charge in [-0.3, -0.25) is 4.68 Å². The van der Waals surface area contributed by atoms with Gasteiger partial charge in [-0.25, -0.2) is 4.39 Å². The molecule has 0 unspecified atom stereocenters. The first-order valence-electron chi connectivity index (χ1n) is 6.53. The lowest BCUT2D eigenvalue weighted by Crippen LogP contribution is -2.07. The Bertz CT molecular complexity index is 848. The molecular weight excluding hydrogens is 291 g/mol. The molecule has 0 radical (unpaired) electrons. The molecule has 0 aliphatic carbocycles. The minimum absolute atomic E-state index is 0.209. The van der Waals surface area contributed by atoms with Gasteiger partial charge in [0.05, 0.1) is 30.9 Å². The Morgan fingerprint density at radius 1 is 1.38 bits per heavy atom. The number of aromatic amines is 1. The molecule has 0 amide bonds. The van der Waals surface area contributed by atoms with E-state index in [-0.39, 0.29) is 5.75 Å². The number of aromatic nitrogens is 4. The average Bonchev–Trinajstić information content (AvgIpc) is 2.98. The molecule has 21 heavy (non-hydrogen) atoms. The third-order valence-corrected chi connectivity index (χ3v) is 3.69. The normalized spacial score (nSPS) is 11.2. The molecular formula is C14H15FN4OS. The minimum Gasteiger partial charge on any atom is -0.494 e. The van der Waals surface area contributed by atoms with Crippen molar-refractivity contribution in [3.05, 3.63) is 40.7 Å². The van der Waals surface area contributed by atoms with Crippen molar-refractivity contribution in [1.82, 2.24) is 19.3 Å². The maximum absolute atomic E-state index is 13.7. The lowest BCUT2D eigenvalue weighted by molar-refractivity contribution is 0.387. The fourth-order valence-electron chi connectivity index (χ4n) is 2.33. The Morgan fingerprint density at radius 2 is 2.19 bits per heavy atom. The Labute approximate surface area is 126 Å². The Morgan fingerprint density at radius 3 is 2.86 bits per heavy atom. The van der Waals surface area contributed by atoms with Crippen molar-refractivity contribution < 1.29 is 9.13 Å². The van der Waals surface area contributed by atoms with Crippen LogP contribution in [-0.2, 0) is 13.1 Å². The van der Waals surface area contributed by atoms with Gasteiger partial charge in [-0.05, 0) is 24.7 Å². The molecule has 0 atom stereocenters. The number of imidazole rings is 1. The predicted molar refractivity (Wildman–Crippen MR) is 80.6 cm³/mol. The van der Waals surface area contributed by atoms with Crippen LogP contribution in [0.4, 0.5) is 4.39 Å². The zero-order valence-corrected chi connectivity index (χ0v) is 12.6. The van der Waals surface area contributed by atoms with Crippen molar-refractivity contribution in [2.75, 3.05) is 7.11 Å². The van der Waals surface area contributed by atoms with Crippen molar-refractivity contribution in [1.29, 1.82) is 0 Å². The first-order chi connectivity index (χ1) is 10.1. The van der Waals surface area contributed by atoms with Gasteiger partial charge in [-0.2, -0.15) is 5.10 Å². The maximum Gasteiger partial charge on any atom is 0.178 e. The average molecular weight is 306 g/mol. The van der Waals surface area contributed by atoms with Crippen LogP contribution < -0.4 is 4.74 Å². The number of rotatable bonds is 4. The number of halogens is 1. The van der Waals surface area contributed by atoms with Crippen molar-refractivity contribution in [2.24, 2.45) is 0 Å². The van der Waals surface area contributed by atoms with E-state index in [4.69, 9.17) is 17.0 Å². The van der Waals surface area contributed by atoms with Crippen LogP contribution in [0.2, 0.25) is 0 Å². The molecule has 110 valence electrons. The Hall–Kier alpha value is -2.15. The van der Waals surface area contributed by atoms with Crippen LogP contribution in [0.5, 0.6) is 5.75 Å². The first-order valence-corrected chi connectivity index (χ1v) is 6.94. The van der Waals surface area contributed by atoms with Crippen LogP contribution >= 0.6 is 12.2 Å². The predicted octanol–water partition coefficient (Wildman–Crippen LogP) is 3.05. The molecule has 7 heteroatoms. The third-order valence-electron chi connectivity index (χ3n) is 3.36. The number of H-pyrrole nitrogens is 1. The number of nitrogens with one attached hydrogen (secondary N) is 1. The number of aryl methyl sites for hydroxylation is 3. The maximum atomic E-state index is 13.7. The summed E-state index contributed by atoms with van der Waals surface area (Å²) in [7, 11) is 1.45. The molecule has 2 heterocycles. The summed E-state index contributed by atoms with van der Waals surface area (Å²) in [5.41, 5.74) is 2.60. The molecule has 0 aliphatic heterocycles. The van der Waals surface area contributed by atoms with Crippen molar-refractivity contribution in [2.45, 2.75) is 20.0 Å². The summed E-state index contributed by atoms with van der Waals surface area (Å²) in [4.78, 5) is 3.01. The second kappa shape index (κ2) is 5.33. The molecule has 0 bridgehead atoms. The zero-order valence-electron chi connectivity index (χ0n) is 11.8. The first kappa shape index (κ1) is 13.8. The number of fused-ring (bicyclic) bond motifs is 1. The van der Waals surface area contributed by atoms with Crippen LogP contribution in [0, 0.1) is 17.5 Å². The molecule has 1 N–H and O–H groups in total. The second-order valence-electron chi connectivity index (χ2n) is 4.87. The molecule has 5 nitrogen and oxygen atoms in total. The smallest absolute Gasteiger partial charge is 0.178 e. The van der Waals surface area contributed by atoms with Gasteiger partial charge in [-0.15, -0.1) is 0 Å². The van der Waals surface area contributed by atoms with E-state index in [1.165, 1.54) is 13.2 Å². The van der Waals surface area contributed by atoms with Gasteiger partial charge in [0.25, 0.3) is 0 Å². The van der Waals surface area contributed by atoms with Gasteiger partial charge in [0.15, 0.2) is 16.3 Å². The highest BCUT2D eigenvalue weighted by molar-refractivity contribution is 7.71. The lowest BCUT2D eigenvalue weighted by Gasteiger charge is -2.07. The zero-order chi connectivity index (χ0) is 15.0. The van der Waals surface area contributed by atoms with Crippen molar-refractivity contribution in [3.63, 3.8) is 0 Å². The quantitative estimate of drug-likeness (QED) is 0.754. The van der Waals surface area contributed by atoms with E-state index < -0.39 is 5.82 Å². The summed E-state index contributed by atoms with van der Waals surface area (Å²) in [6, 6.07) is 3.06. The van der Waals surface area contributed by atoms with Crippen LogP contribution in [0.1, 0.15) is 5.56 Å². The lowest BCUT2D eigenvalue weighted by atomic mass is 10.3. The molecule has 2 aromatic heterocycles. The second-order valence-corrected chi connectivity index (χ2v) is 5.25. The van der Waals surface area contributed by atoms with Crippen LogP contribution in [0.3, 0.4) is 0 Å². The van der Waals surface area contributed by atoms with E-state index in [1.54, 1.807) is 6.07 Å². The Kier molecular flexibility index (Phi) is 3.50. The van der Waals surface area contributed by atoms with Crippen molar-refractivity contribution >= 4 is 23.3 Å². The molecule has 3 rings (SSSR count). The van der Waals surface area contributed by atoms with E-state index in [1.807, 2.05) is 28.6 Å². The number of methoxy groups -OCH3 is 1. The van der Waals surface area contributed by atoms with Gasteiger partial charge in [0.1, 0.15) is 0 Å². The van der Waals surface area contributed by atoms with E-state index in [2.05, 4.69) is 10.1 Å². The monoisotopic (exact) mass is 306 g/mol. The summed E-state index contributed by atoms with van der Waals surface area (Å²) >= 11 is 5.31. The molecule has 0 spiro atoms. The number of hydrogen-bond acceptors (Lipinski definition) is 3. The van der Waals surface area contributed by atoms with Crippen LogP contribution in [0.25, 0.3) is 11.0 Å². The van der Waals surface area contributed by atoms with Crippen molar-refractivity contribution in [3.8, 4) is 5.75 Å². The molecule has 3 aromatic rings. The number of nitrogens with zero attached hydrogens (tertiary/aromatic N) is 3. The molecule has 0 saturated heterocycles. The standard InChI is InChI=1S/C14H15FN4OS/c1-9-7-16-18(8-9)3-4-19-12-6-13(20-2)10(15)5-11(12)17-14(19)21/h5-8H,3-4H2,1-2H3,(H,17,21). The Balaban J connectivity index is 1.97. The summed E-state index contributed by atoms with van der Waals surface area (Å²) in [6.07, 6.45) is 3.78. The summed E-state index contributed by atoms with van der Waals surface area (Å²) < 4.78 is 23.1. The van der Waals surface area contributed by atoms with Crippen LogP contribution in [-0.4, -0.2) is 26.4 Å². The van der Waals surface area contributed by atoms with Gasteiger partial charge in [0.2, 0.25) is 0 Å². The van der Waals surface area contributed by atoms with E-state index in [0.717, 1.165) is 11.1 Å².